The van der Waals surface area contributed by atoms with E-state index in [0.29, 0.717) is 30.9 Å². The summed E-state index contributed by atoms with van der Waals surface area (Å²) in [7, 11) is 3.11. The van der Waals surface area contributed by atoms with Gasteiger partial charge in [-0.2, -0.15) is 0 Å². The number of imide groups is 1. The van der Waals surface area contributed by atoms with E-state index in [0.717, 1.165) is 5.56 Å². The molecule has 0 spiro atoms. The number of nitrogens with one attached hydrogen (secondary N) is 1. The van der Waals surface area contributed by atoms with Gasteiger partial charge in [0, 0.05) is 19.5 Å². The fourth-order valence-electron chi connectivity index (χ4n) is 3.58. The Kier molecular flexibility index (Phi) is 5.78. The van der Waals surface area contributed by atoms with Crippen molar-refractivity contribution in [2.24, 2.45) is 11.8 Å². The minimum atomic E-state index is -0.252. The van der Waals surface area contributed by atoms with Gasteiger partial charge in [0.05, 0.1) is 26.1 Å². The number of carbonyl (C=O) groups excluding carboxylic acids is 3. The smallest absolute Gasteiger partial charge is 0.233 e. The number of ether oxygens (including phenoxy) is 2. The zero-order valence-electron chi connectivity index (χ0n) is 15.6. The number of fused-ring (bicyclic) bond motifs is 1. The van der Waals surface area contributed by atoms with Crippen molar-refractivity contribution in [3.63, 3.8) is 0 Å². The molecule has 1 N–H and O–H groups in total. The second-order valence-electron chi connectivity index (χ2n) is 6.70. The Balaban J connectivity index is 1.50. The molecule has 3 amide bonds. The van der Waals surface area contributed by atoms with Crippen LogP contribution in [-0.4, -0.2) is 43.4 Å². The zero-order valence-corrected chi connectivity index (χ0v) is 15.6. The fourth-order valence-corrected chi connectivity index (χ4v) is 3.58. The average molecular weight is 372 g/mol. The van der Waals surface area contributed by atoms with E-state index in [9.17, 15) is 14.4 Å². The molecule has 2 atom stereocenters. The van der Waals surface area contributed by atoms with E-state index in [1.54, 1.807) is 26.4 Å². The molecule has 1 aromatic carbocycles. The first-order valence-electron chi connectivity index (χ1n) is 9.03. The predicted molar refractivity (Wildman–Crippen MR) is 98.1 cm³/mol. The average Bonchev–Trinajstić information content (AvgIpc) is 2.95. The maximum atomic E-state index is 12.4. The van der Waals surface area contributed by atoms with Crippen molar-refractivity contribution in [3.8, 4) is 11.5 Å². The third-order valence-electron chi connectivity index (χ3n) is 5.10. The fraction of sp³-hybridized carbons (Fsp3) is 0.450. The number of carbonyl (C=O) groups is 3. The number of methoxy groups -OCH3 is 2. The number of allylic oxidation sites excluding steroid dienone is 2. The van der Waals surface area contributed by atoms with Crippen LogP contribution in [0.5, 0.6) is 11.5 Å². The Morgan fingerprint density at radius 1 is 1.07 bits per heavy atom. The predicted octanol–water partition coefficient (Wildman–Crippen LogP) is 1.66. The third kappa shape index (κ3) is 3.97. The summed E-state index contributed by atoms with van der Waals surface area (Å²) in [4.78, 5) is 38.2. The molecule has 144 valence electrons. The van der Waals surface area contributed by atoms with Crippen LogP contribution in [0.25, 0.3) is 0 Å². The van der Waals surface area contributed by atoms with Gasteiger partial charge in [-0.25, -0.2) is 0 Å². The van der Waals surface area contributed by atoms with Gasteiger partial charge in [0.2, 0.25) is 17.7 Å². The Hall–Kier alpha value is -2.83. The summed E-state index contributed by atoms with van der Waals surface area (Å²) in [5, 5.41) is 2.81. The van der Waals surface area contributed by atoms with Crippen molar-refractivity contribution < 1.29 is 23.9 Å². The van der Waals surface area contributed by atoms with Gasteiger partial charge < -0.3 is 14.8 Å². The monoisotopic (exact) mass is 372 g/mol. The van der Waals surface area contributed by atoms with Crippen LogP contribution < -0.4 is 14.8 Å². The topological polar surface area (TPSA) is 84.9 Å². The summed E-state index contributed by atoms with van der Waals surface area (Å²) in [5.41, 5.74) is 0.867. The molecular weight excluding hydrogens is 348 g/mol. The molecule has 1 fully saturated rings. The first-order chi connectivity index (χ1) is 13.0. The second kappa shape index (κ2) is 8.24. The summed E-state index contributed by atoms with van der Waals surface area (Å²) in [6, 6.07) is 5.41. The number of amides is 3. The van der Waals surface area contributed by atoms with Crippen LogP contribution in [0.2, 0.25) is 0 Å². The highest BCUT2D eigenvalue weighted by atomic mass is 16.5. The number of nitrogens with zero attached hydrogens (tertiary/aromatic N) is 1. The van der Waals surface area contributed by atoms with Gasteiger partial charge in [0.25, 0.3) is 0 Å². The summed E-state index contributed by atoms with van der Waals surface area (Å²) < 4.78 is 10.4. The summed E-state index contributed by atoms with van der Waals surface area (Å²) in [6.07, 6.45) is 5.21. The molecular formula is C20H24N2O5. The molecule has 1 heterocycles. The van der Waals surface area contributed by atoms with E-state index >= 15 is 0 Å². The first kappa shape index (κ1) is 18.9. The Morgan fingerprint density at radius 2 is 1.70 bits per heavy atom. The molecule has 27 heavy (non-hydrogen) atoms. The van der Waals surface area contributed by atoms with Crippen molar-refractivity contribution in [2.45, 2.75) is 25.8 Å². The van der Waals surface area contributed by atoms with E-state index in [2.05, 4.69) is 5.32 Å². The van der Waals surface area contributed by atoms with Crippen LogP contribution in [0, 0.1) is 11.8 Å². The van der Waals surface area contributed by atoms with Gasteiger partial charge >= 0.3 is 0 Å². The number of rotatable bonds is 7. The molecule has 7 heteroatoms. The minimum Gasteiger partial charge on any atom is -0.493 e. The van der Waals surface area contributed by atoms with Crippen molar-refractivity contribution in [3.05, 3.63) is 35.9 Å². The Bertz CT molecular complexity index is 748. The molecule has 3 rings (SSSR count). The van der Waals surface area contributed by atoms with Gasteiger partial charge in [-0.3, -0.25) is 19.3 Å². The van der Waals surface area contributed by atoms with Crippen molar-refractivity contribution in [2.75, 3.05) is 20.8 Å². The van der Waals surface area contributed by atoms with Crippen LogP contribution in [0.1, 0.15) is 24.8 Å². The highest BCUT2D eigenvalue weighted by Crippen LogP contribution is 2.35. The summed E-state index contributed by atoms with van der Waals surface area (Å²) in [6.45, 7) is 0.457. The number of benzene rings is 1. The summed E-state index contributed by atoms with van der Waals surface area (Å²) >= 11 is 0. The van der Waals surface area contributed by atoms with E-state index in [1.165, 1.54) is 4.90 Å². The molecule has 0 radical (unpaired) electrons. The van der Waals surface area contributed by atoms with E-state index in [-0.39, 0.29) is 42.5 Å². The summed E-state index contributed by atoms with van der Waals surface area (Å²) in [5.74, 6) is 0.195. The third-order valence-corrected chi connectivity index (χ3v) is 5.10. The van der Waals surface area contributed by atoms with Gasteiger partial charge in [0.15, 0.2) is 11.5 Å². The highest BCUT2D eigenvalue weighted by Gasteiger charge is 2.46. The van der Waals surface area contributed by atoms with E-state index < -0.39 is 0 Å². The lowest BCUT2D eigenvalue weighted by Gasteiger charge is -2.14. The molecule has 1 aromatic rings. The molecule has 0 aromatic heterocycles. The van der Waals surface area contributed by atoms with Crippen LogP contribution >= 0.6 is 0 Å². The first-order valence-corrected chi connectivity index (χ1v) is 9.03. The maximum Gasteiger partial charge on any atom is 0.233 e. The molecule has 0 saturated carbocycles. The van der Waals surface area contributed by atoms with Gasteiger partial charge in [-0.1, -0.05) is 18.2 Å². The highest BCUT2D eigenvalue weighted by molar-refractivity contribution is 6.05. The standard InChI is InChI=1S/C20H24N2O5/c1-26-16-8-7-13(11-17(16)27-2)12-21-18(23)9-10-22-19(24)14-5-3-4-6-15(14)20(22)25/h3-4,7-8,11,14-15H,5-6,9-10,12H2,1-2H3,(H,21,23)/t14-,15+. The minimum absolute atomic E-state index is 0.0949. The van der Waals surface area contributed by atoms with Crippen molar-refractivity contribution in [1.82, 2.24) is 10.2 Å². The van der Waals surface area contributed by atoms with E-state index in [4.69, 9.17) is 9.47 Å². The van der Waals surface area contributed by atoms with E-state index in [1.807, 2.05) is 18.2 Å². The molecule has 7 nitrogen and oxygen atoms in total. The number of hydrogen-bond acceptors (Lipinski definition) is 5. The van der Waals surface area contributed by atoms with Gasteiger partial charge in [-0.05, 0) is 30.5 Å². The van der Waals surface area contributed by atoms with Crippen LogP contribution in [0.4, 0.5) is 0 Å². The molecule has 0 unspecified atom stereocenters. The maximum absolute atomic E-state index is 12.4. The molecule has 1 aliphatic heterocycles. The zero-order chi connectivity index (χ0) is 19.4. The number of likely N-dealkylation sites (tertiary alicyclic amines) is 1. The number of hydrogen-bond donors (Lipinski definition) is 1. The molecule has 0 bridgehead atoms. The molecule has 2 aliphatic rings. The Labute approximate surface area is 158 Å². The normalized spacial score (nSPS) is 21.2. The SMILES string of the molecule is COc1ccc(CNC(=O)CCN2C(=O)[C@H]3CC=CC[C@H]3C2=O)cc1OC. The van der Waals surface area contributed by atoms with Crippen molar-refractivity contribution >= 4 is 17.7 Å². The van der Waals surface area contributed by atoms with Crippen LogP contribution in [-0.2, 0) is 20.9 Å². The molecule has 1 aliphatic carbocycles. The van der Waals surface area contributed by atoms with Crippen LogP contribution in [0.3, 0.4) is 0 Å². The Morgan fingerprint density at radius 3 is 2.30 bits per heavy atom. The van der Waals surface area contributed by atoms with Crippen LogP contribution in [0.15, 0.2) is 30.4 Å². The lowest BCUT2D eigenvalue weighted by molar-refractivity contribution is -0.140. The second-order valence-corrected chi connectivity index (χ2v) is 6.70. The largest absolute Gasteiger partial charge is 0.493 e. The lowest BCUT2D eigenvalue weighted by Crippen LogP contribution is -2.35. The van der Waals surface area contributed by atoms with Gasteiger partial charge in [0.1, 0.15) is 0 Å². The van der Waals surface area contributed by atoms with Gasteiger partial charge in [-0.15, -0.1) is 0 Å². The van der Waals surface area contributed by atoms with Crippen molar-refractivity contribution in [1.29, 1.82) is 0 Å². The molecule has 1 saturated heterocycles. The quantitative estimate of drug-likeness (QED) is 0.581. The lowest BCUT2D eigenvalue weighted by atomic mass is 9.85.